The molecule has 1 atom stereocenters. The van der Waals surface area contributed by atoms with Gasteiger partial charge in [-0.25, -0.2) is 0 Å². The molecule has 2 heteroatoms. The molecule has 2 N–H and O–H groups in total. The van der Waals surface area contributed by atoms with Gasteiger partial charge in [-0.1, -0.05) is 37.6 Å². The van der Waals surface area contributed by atoms with Gasteiger partial charge in [0.1, 0.15) is 0 Å². The monoisotopic (exact) mass is 246 g/mol. The molecule has 1 aromatic rings. The maximum absolute atomic E-state index is 6.14. The topological polar surface area (TPSA) is 29.3 Å². The molecule has 1 unspecified atom stereocenters. The number of rotatable bonds is 5. The van der Waals surface area contributed by atoms with E-state index in [1.807, 2.05) is 0 Å². The third-order valence-electron chi connectivity index (χ3n) is 4.65. The molecule has 18 heavy (non-hydrogen) atoms. The molecule has 0 fully saturated rings. The lowest BCUT2D eigenvalue weighted by Gasteiger charge is -2.42. The van der Waals surface area contributed by atoms with Crippen LogP contribution in [-0.2, 0) is 12.8 Å². The molecule has 0 spiro atoms. The van der Waals surface area contributed by atoms with Gasteiger partial charge in [0.15, 0.2) is 0 Å². The van der Waals surface area contributed by atoms with Crippen molar-refractivity contribution in [1.82, 2.24) is 4.90 Å². The Hall–Kier alpha value is -0.860. The van der Waals surface area contributed by atoms with Crippen molar-refractivity contribution in [2.75, 3.05) is 13.6 Å². The fourth-order valence-corrected chi connectivity index (χ4v) is 3.29. The molecule has 0 bridgehead atoms. The summed E-state index contributed by atoms with van der Waals surface area (Å²) in [7, 11) is 2.25. The van der Waals surface area contributed by atoms with E-state index in [0.29, 0.717) is 6.04 Å². The van der Waals surface area contributed by atoms with Crippen LogP contribution in [0.1, 0.15) is 37.8 Å². The highest BCUT2D eigenvalue weighted by atomic mass is 15.2. The number of benzene rings is 1. The van der Waals surface area contributed by atoms with Crippen LogP contribution in [0.2, 0.25) is 0 Å². The molecule has 100 valence electrons. The summed E-state index contributed by atoms with van der Waals surface area (Å²) in [4.78, 5) is 2.52. The predicted octanol–water partition coefficient (Wildman–Crippen LogP) is 2.60. The van der Waals surface area contributed by atoms with Crippen LogP contribution in [-0.4, -0.2) is 30.1 Å². The summed E-state index contributed by atoms with van der Waals surface area (Å²) in [5.41, 5.74) is 9.25. The van der Waals surface area contributed by atoms with Crippen molar-refractivity contribution in [3.63, 3.8) is 0 Å². The molecule has 0 amide bonds. The van der Waals surface area contributed by atoms with Crippen molar-refractivity contribution in [3.8, 4) is 0 Å². The number of hydrogen-bond donors (Lipinski definition) is 1. The number of hydrogen-bond acceptors (Lipinski definition) is 2. The van der Waals surface area contributed by atoms with Gasteiger partial charge >= 0.3 is 0 Å². The van der Waals surface area contributed by atoms with Crippen molar-refractivity contribution in [2.45, 2.75) is 51.1 Å². The predicted molar refractivity (Wildman–Crippen MR) is 77.8 cm³/mol. The second-order valence-electron chi connectivity index (χ2n) is 5.80. The molecule has 1 aliphatic carbocycles. The first kappa shape index (κ1) is 13.6. The van der Waals surface area contributed by atoms with E-state index in [1.54, 1.807) is 0 Å². The highest BCUT2D eigenvalue weighted by Crippen LogP contribution is 2.34. The Balaban J connectivity index is 2.20. The smallest absolute Gasteiger partial charge is 0.0412 e. The van der Waals surface area contributed by atoms with Gasteiger partial charge < -0.3 is 5.73 Å². The van der Waals surface area contributed by atoms with E-state index in [9.17, 15) is 0 Å². The standard InChI is InChI=1S/C16H26N2/c1-4-7-13(2)18(3)16(12-17)10-14-8-5-6-9-15(14)11-16/h5-6,8-9,13H,4,7,10-12,17H2,1-3H3. The molecule has 1 aliphatic rings. The molecule has 0 heterocycles. The minimum atomic E-state index is 0.137. The SMILES string of the molecule is CCCC(C)N(C)C1(CN)Cc2ccccc2C1. The lowest BCUT2D eigenvalue weighted by molar-refractivity contribution is 0.0880. The van der Waals surface area contributed by atoms with E-state index in [1.165, 1.54) is 24.0 Å². The van der Waals surface area contributed by atoms with Gasteiger partial charge in [-0.05, 0) is 44.4 Å². The zero-order valence-electron chi connectivity index (χ0n) is 11.9. The average molecular weight is 246 g/mol. The summed E-state index contributed by atoms with van der Waals surface area (Å²) in [5.74, 6) is 0. The molecule has 0 aromatic heterocycles. The Morgan fingerprint density at radius 2 is 1.83 bits per heavy atom. The van der Waals surface area contributed by atoms with Gasteiger partial charge in [0.2, 0.25) is 0 Å². The maximum Gasteiger partial charge on any atom is 0.0412 e. The van der Waals surface area contributed by atoms with Crippen molar-refractivity contribution in [1.29, 1.82) is 0 Å². The third-order valence-corrected chi connectivity index (χ3v) is 4.65. The summed E-state index contributed by atoms with van der Waals surface area (Å²) in [5, 5.41) is 0. The maximum atomic E-state index is 6.14. The number of likely N-dealkylation sites (N-methyl/N-ethyl adjacent to an activating group) is 1. The fourth-order valence-electron chi connectivity index (χ4n) is 3.29. The van der Waals surface area contributed by atoms with Crippen LogP contribution in [0.3, 0.4) is 0 Å². The van der Waals surface area contributed by atoms with E-state index >= 15 is 0 Å². The van der Waals surface area contributed by atoms with Crippen LogP contribution in [0.25, 0.3) is 0 Å². The molecule has 2 rings (SSSR count). The minimum Gasteiger partial charge on any atom is -0.329 e. The van der Waals surface area contributed by atoms with Crippen LogP contribution < -0.4 is 5.73 Å². The first-order valence-corrected chi connectivity index (χ1v) is 7.13. The summed E-state index contributed by atoms with van der Waals surface area (Å²) < 4.78 is 0. The van der Waals surface area contributed by atoms with E-state index < -0.39 is 0 Å². The zero-order valence-corrected chi connectivity index (χ0v) is 11.9. The Kier molecular flexibility index (Phi) is 4.08. The number of fused-ring (bicyclic) bond motifs is 1. The van der Waals surface area contributed by atoms with Gasteiger partial charge in [-0.15, -0.1) is 0 Å². The van der Waals surface area contributed by atoms with Gasteiger partial charge in [-0.2, -0.15) is 0 Å². The highest BCUT2D eigenvalue weighted by molar-refractivity contribution is 5.36. The molecule has 0 radical (unpaired) electrons. The van der Waals surface area contributed by atoms with Gasteiger partial charge in [0.25, 0.3) is 0 Å². The molecular weight excluding hydrogens is 220 g/mol. The lowest BCUT2D eigenvalue weighted by atomic mass is 9.91. The summed E-state index contributed by atoms with van der Waals surface area (Å²) in [6.07, 6.45) is 4.68. The van der Waals surface area contributed by atoms with Gasteiger partial charge in [-0.3, -0.25) is 4.90 Å². The summed E-state index contributed by atoms with van der Waals surface area (Å²) in [6, 6.07) is 9.39. The van der Waals surface area contributed by atoms with Gasteiger partial charge in [0.05, 0.1) is 0 Å². The van der Waals surface area contributed by atoms with Crippen molar-refractivity contribution in [2.24, 2.45) is 5.73 Å². The fraction of sp³-hybridized carbons (Fsp3) is 0.625. The van der Waals surface area contributed by atoms with Crippen LogP contribution in [0.5, 0.6) is 0 Å². The molecule has 0 aliphatic heterocycles. The number of nitrogens with two attached hydrogens (primary N) is 1. The van der Waals surface area contributed by atoms with Crippen molar-refractivity contribution < 1.29 is 0 Å². The van der Waals surface area contributed by atoms with Crippen LogP contribution in [0, 0.1) is 0 Å². The van der Waals surface area contributed by atoms with Gasteiger partial charge in [0, 0.05) is 18.1 Å². The summed E-state index contributed by atoms with van der Waals surface area (Å²) >= 11 is 0. The largest absolute Gasteiger partial charge is 0.329 e. The van der Waals surface area contributed by atoms with E-state index in [-0.39, 0.29) is 5.54 Å². The summed E-state index contributed by atoms with van der Waals surface area (Å²) in [6.45, 7) is 5.32. The molecule has 0 saturated heterocycles. The third kappa shape index (κ3) is 2.32. The van der Waals surface area contributed by atoms with Crippen LogP contribution in [0.4, 0.5) is 0 Å². The van der Waals surface area contributed by atoms with E-state index in [0.717, 1.165) is 19.4 Å². The average Bonchev–Trinajstić information content (AvgIpc) is 2.77. The molecule has 1 aromatic carbocycles. The quantitative estimate of drug-likeness (QED) is 0.865. The normalized spacial score (nSPS) is 18.9. The van der Waals surface area contributed by atoms with Crippen molar-refractivity contribution >= 4 is 0 Å². The first-order chi connectivity index (χ1) is 8.63. The van der Waals surface area contributed by atoms with Crippen LogP contribution >= 0.6 is 0 Å². The Bertz CT molecular complexity index is 375. The second-order valence-corrected chi connectivity index (χ2v) is 5.80. The van der Waals surface area contributed by atoms with E-state index in [4.69, 9.17) is 5.73 Å². The Morgan fingerprint density at radius 1 is 1.28 bits per heavy atom. The second kappa shape index (κ2) is 5.41. The molecule has 2 nitrogen and oxygen atoms in total. The molecular formula is C16H26N2. The number of nitrogens with zero attached hydrogens (tertiary/aromatic N) is 1. The van der Waals surface area contributed by atoms with Crippen LogP contribution in [0.15, 0.2) is 24.3 Å². The minimum absolute atomic E-state index is 0.137. The van der Waals surface area contributed by atoms with Crippen molar-refractivity contribution in [3.05, 3.63) is 35.4 Å². The Morgan fingerprint density at radius 3 is 2.28 bits per heavy atom. The zero-order chi connectivity index (χ0) is 13.2. The lowest BCUT2D eigenvalue weighted by Crippen LogP contribution is -2.56. The first-order valence-electron chi connectivity index (χ1n) is 7.13. The highest BCUT2D eigenvalue weighted by Gasteiger charge is 2.40. The Labute approximate surface area is 111 Å². The molecule has 0 saturated carbocycles. The van der Waals surface area contributed by atoms with E-state index in [2.05, 4.69) is 50.1 Å².